The molecule has 0 aromatic heterocycles. The summed E-state index contributed by atoms with van der Waals surface area (Å²) < 4.78 is 16.3. The van der Waals surface area contributed by atoms with Gasteiger partial charge in [-0.2, -0.15) is 0 Å². The molecule has 0 aliphatic carbocycles. The first kappa shape index (κ1) is 17.2. The van der Waals surface area contributed by atoms with Crippen molar-refractivity contribution in [1.29, 1.82) is 0 Å². The molecule has 1 heterocycles. The molecule has 6 heteroatoms. The van der Waals surface area contributed by atoms with Gasteiger partial charge in [0, 0.05) is 19.7 Å². The molecule has 2 rings (SSSR count). The summed E-state index contributed by atoms with van der Waals surface area (Å²) in [6, 6.07) is 5.59. The second-order valence-electron chi connectivity index (χ2n) is 5.43. The molecule has 1 aromatic carbocycles. The second kappa shape index (κ2) is 9.12. The number of fused-ring (bicyclic) bond motifs is 1. The number of hydrogen-bond acceptors (Lipinski definition) is 4. The van der Waals surface area contributed by atoms with Crippen molar-refractivity contribution in [1.82, 2.24) is 10.6 Å². The number of nitrogens with zero attached hydrogens (tertiary/aromatic N) is 1. The summed E-state index contributed by atoms with van der Waals surface area (Å²) in [6.07, 6.45) is 2.35. The van der Waals surface area contributed by atoms with Crippen LogP contribution >= 0.6 is 0 Å². The van der Waals surface area contributed by atoms with Crippen molar-refractivity contribution in [2.24, 2.45) is 10.9 Å². The molecule has 1 aliphatic heterocycles. The van der Waals surface area contributed by atoms with Crippen molar-refractivity contribution in [3.8, 4) is 17.2 Å². The number of rotatable bonds is 8. The van der Waals surface area contributed by atoms with Crippen LogP contribution < -0.4 is 24.8 Å². The van der Waals surface area contributed by atoms with Gasteiger partial charge in [0.25, 0.3) is 0 Å². The topological polar surface area (TPSA) is 64.1 Å². The van der Waals surface area contributed by atoms with Gasteiger partial charge in [0.05, 0.1) is 6.54 Å². The van der Waals surface area contributed by atoms with Crippen LogP contribution in [0.2, 0.25) is 0 Å². The molecule has 0 fully saturated rings. The highest BCUT2D eigenvalue weighted by molar-refractivity contribution is 5.79. The van der Waals surface area contributed by atoms with Crippen LogP contribution in [0.1, 0.15) is 26.7 Å². The monoisotopic (exact) mass is 321 g/mol. The highest BCUT2D eigenvalue weighted by Gasteiger charge is 2.13. The molecule has 1 aromatic rings. The Morgan fingerprint density at radius 1 is 1.22 bits per heavy atom. The quantitative estimate of drug-likeness (QED) is 0.437. The Morgan fingerprint density at radius 3 is 2.74 bits per heavy atom. The van der Waals surface area contributed by atoms with Crippen molar-refractivity contribution < 1.29 is 14.2 Å². The number of nitrogens with one attached hydrogen (secondary N) is 2. The maximum Gasteiger partial charge on any atom is 0.231 e. The Labute approximate surface area is 138 Å². The predicted molar refractivity (Wildman–Crippen MR) is 91.5 cm³/mol. The Kier molecular flexibility index (Phi) is 6.84. The molecule has 0 saturated heterocycles. The first-order valence-electron chi connectivity index (χ1n) is 8.23. The molecule has 1 aliphatic rings. The standard InChI is InChI=1S/C17H27N3O3/c1-4-13(5-2)11-20-17(18-3)19-8-9-21-14-6-7-15-16(10-14)23-12-22-15/h6-7,10,13H,4-5,8-9,11-12H2,1-3H3,(H2,18,19,20). The molecule has 0 saturated carbocycles. The maximum absolute atomic E-state index is 5.71. The molecule has 128 valence electrons. The van der Waals surface area contributed by atoms with Crippen molar-refractivity contribution in [2.75, 3.05) is 33.5 Å². The minimum Gasteiger partial charge on any atom is -0.492 e. The van der Waals surface area contributed by atoms with Crippen LogP contribution in [0.15, 0.2) is 23.2 Å². The first-order chi connectivity index (χ1) is 11.3. The van der Waals surface area contributed by atoms with E-state index >= 15 is 0 Å². The minimum atomic E-state index is 0.277. The van der Waals surface area contributed by atoms with Gasteiger partial charge in [0.1, 0.15) is 12.4 Å². The van der Waals surface area contributed by atoms with Crippen LogP contribution in [0.4, 0.5) is 0 Å². The van der Waals surface area contributed by atoms with Crippen molar-refractivity contribution in [3.05, 3.63) is 18.2 Å². The fraction of sp³-hybridized carbons (Fsp3) is 0.588. The van der Waals surface area contributed by atoms with E-state index in [-0.39, 0.29) is 6.79 Å². The van der Waals surface area contributed by atoms with Gasteiger partial charge in [-0.25, -0.2) is 0 Å². The van der Waals surface area contributed by atoms with Crippen LogP contribution in [-0.2, 0) is 0 Å². The molecule has 0 spiro atoms. The molecule has 0 amide bonds. The molecule has 0 unspecified atom stereocenters. The summed E-state index contributed by atoms with van der Waals surface area (Å²) in [5, 5.41) is 6.60. The molecular formula is C17H27N3O3. The van der Waals surface area contributed by atoms with Crippen LogP contribution in [0, 0.1) is 5.92 Å². The maximum atomic E-state index is 5.71. The summed E-state index contributed by atoms with van der Waals surface area (Å²) in [5.41, 5.74) is 0. The smallest absolute Gasteiger partial charge is 0.231 e. The van der Waals surface area contributed by atoms with E-state index < -0.39 is 0 Å². The van der Waals surface area contributed by atoms with Gasteiger partial charge in [0.2, 0.25) is 6.79 Å². The zero-order valence-corrected chi connectivity index (χ0v) is 14.2. The zero-order valence-electron chi connectivity index (χ0n) is 14.2. The van der Waals surface area contributed by atoms with Crippen molar-refractivity contribution in [2.45, 2.75) is 26.7 Å². The molecular weight excluding hydrogens is 294 g/mol. The number of aliphatic imine (C=N–C) groups is 1. The molecule has 0 bridgehead atoms. The normalized spacial score (nSPS) is 13.3. The third-order valence-electron chi connectivity index (χ3n) is 3.94. The minimum absolute atomic E-state index is 0.277. The molecule has 2 N–H and O–H groups in total. The molecule has 6 nitrogen and oxygen atoms in total. The van der Waals surface area contributed by atoms with Gasteiger partial charge in [-0.05, 0) is 18.1 Å². The predicted octanol–water partition coefficient (Wildman–Crippen LogP) is 2.40. The summed E-state index contributed by atoms with van der Waals surface area (Å²) in [7, 11) is 1.78. The van der Waals surface area contributed by atoms with Crippen LogP contribution in [0.25, 0.3) is 0 Å². The van der Waals surface area contributed by atoms with Crippen LogP contribution in [0.3, 0.4) is 0 Å². The lowest BCUT2D eigenvalue weighted by atomic mass is 10.0. The van der Waals surface area contributed by atoms with Gasteiger partial charge in [-0.15, -0.1) is 0 Å². The van der Waals surface area contributed by atoms with Gasteiger partial charge in [-0.1, -0.05) is 26.7 Å². The van der Waals surface area contributed by atoms with Crippen molar-refractivity contribution in [3.63, 3.8) is 0 Å². The fourth-order valence-corrected chi connectivity index (χ4v) is 2.34. The summed E-state index contributed by atoms with van der Waals surface area (Å²) in [6.45, 7) is 6.87. The van der Waals surface area contributed by atoms with Crippen LogP contribution in [-0.4, -0.2) is 39.5 Å². The molecule has 23 heavy (non-hydrogen) atoms. The highest BCUT2D eigenvalue weighted by Crippen LogP contribution is 2.34. The Morgan fingerprint density at radius 2 is 2.00 bits per heavy atom. The van der Waals surface area contributed by atoms with E-state index in [2.05, 4.69) is 29.5 Å². The lowest BCUT2D eigenvalue weighted by Gasteiger charge is -2.16. The zero-order chi connectivity index (χ0) is 16.5. The Balaban J connectivity index is 1.67. The SMILES string of the molecule is CCC(CC)CNC(=NC)NCCOc1ccc2c(c1)OCO2. The molecule has 0 radical (unpaired) electrons. The average Bonchev–Trinajstić information content (AvgIpc) is 3.05. The summed E-state index contributed by atoms with van der Waals surface area (Å²) in [4.78, 5) is 4.22. The first-order valence-corrected chi connectivity index (χ1v) is 8.23. The van der Waals surface area contributed by atoms with Gasteiger partial charge in [0.15, 0.2) is 17.5 Å². The highest BCUT2D eigenvalue weighted by atomic mass is 16.7. The van der Waals surface area contributed by atoms with Gasteiger partial charge < -0.3 is 24.8 Å². The number of guanidine groups is 1. The number of hydrogen-bond donors (Lipinski definition) is 2. The third-order valence-corrected chi connectivity index (χ3v) is 3.94. The Bertz CT molecular complexity index is 516. The van der Waals surface area contributed by atoms with E-state index in [0.29, 0.717) is 19.1 Å². The lowest BCUT2D eigenvalue weighted by molar-refractivity contribution is 0.173. The Hall–Kier alpha value is -2.11. The number of benzene rings is 1. The van der Waals surface area contributed by atoms with E-state index in [4.69, 9.17) is 14.2 Å². The van der Waals surface area contributed by atoms with Gasteiger partial charge in [-0.3, -0.25) is 4.99 Å². The van der Waals surface area contributed by atoms with E-state index in [1.165, 1.54) is 12.8 Å². The summed E-state index contributed by atoms with van der Waals surface area (Å²) >= 11 is 0. The van der Waals surface area contributed by atoms with Crippen molar-refractivity contribution >= 4 is 5.96 Å². The van der Waals surface area contributed by atoms with Gasteiger partial charge >= 0.3 is 0 Å². The largest absolute Gasteiger partial charge is 0.492 e. The van der Waals surface area contributed by atoms with Crippen LogP contribution in [0.5, 0.6) is 17.2 Å². The lowest BCUT2D eigenvalue weighted by Crippen LogP contribution is -2.41. The van der Waals surface area contributed by atoms with E-state index in [1.54, 1.807) is 7.05 Å². The van der Waals surface area contributed by atoms with E-state index in [0.717, 1.165) is 29.8 Å². The number of ether oxygens (including phenoxy) is 3. The third kappa shape index (κ3) is 5.23. The molecule has 0 atom stereocenters. The average molecular weight is 321 g/mol. The second-order valence-corrected chi connectivity index (χ2v) is 5.43. The van der Waals surface area contributed by atoms with E-state index in [1.807, 2.05) is 18.2 Å². The summed E-state index contributed by atoms with van der Waals surface area (Å²) in [5.74, 6) is 3.76. The fourth-order valence-electron chi connectivity index (χ4n) is 2.34. The van der Waals surface area contributed by atoms with E-state index in [9.17, 15) is 0 Å².